The van der Waals surface area contributed by atoms with Gasteiger partial charge < -0.3 is 19.9 Å². The molecule has 0 amide bonds. The van der Waals surface area contributed by atoms with Crippen LogP contribution in [0.25, 0.3) is 0 Å². The highest BCUT2D eigenvalue weighted by Gasteiger charge is 2.07. The Morgan fingerprint density at radius 1 is 1.39 bits per heavy atom. The zero-order valence-electron chi connectivity index (χ0n) is 10.9. The van der Waals surface area contributed by atoms with E-state index in [1.54, 1.807) is 6.07 Å². The zero-order valence-corrected chi connectivity index (χ0v) is 10.9. The van der Waals surface area contributed by atoms with E-state index in [9.17, 15) is 9.50 Å². The number of rotatable bonds is 7. The summed E-state index contributed by atoms with van der Waals surface area (Å²) in [5.41, 5.74) is 0.594. The molecule has 0 spiro atoms. The lowest BCUT2D eigenvalue weighted by atomic mass is 10.2. The molecule has 1 unspecified atom stereocenters. The van der Waals surface area contributed by atoms with Gasteiger partial charge in [-0.05, 0) is 26.0 Å². The molecule has 18 heavy (non-hydrogen) atoms. The average Bonchev–Trinajstić information content (AvgIpc) is 2.34. The maximum Gasteiger partial charge on any atom is 0.167 e. The number of ether oxygens (including phenoxy) is 2. The van der Waals surface area contributed by atoms with Gasteiger partial charge in [-0.2, -0.15) is 0 Å². The van der Waals surface area contributed by atoms with Crippen molar-refractivity contribution in [3.8, 4) is 5.75 Å². The van der Waals surface area contributed by atoms with Gasteiger partial charge in [-0.15, -0.1) is 0 Å². The number of methoxy groups -OCH3 is 1. The van der Waals surface area contributed by atoms with Crippen molar-refractivity contribution in [1.82, 2.24) is 0 Å². The summed E-state index contributed by atoms with van der Waals surface area (Å²) in [5.74, 6) is -0.236. The normalized spacial score (nSPS) is 12.6. The summed E-state index contributed by atoms with van der Waals surface area (Å²) in [6.07, 6.45) is -0.546. The van der Waals surface area contributed by atoms with Crippen LogP contribution >= 0.6 is 0 Å². The van der Waals surface area contributed by atoms with E-state index in [4.69, 9.17) is 9.47 Å². The summed E-state index contributed by atoms with van der Waals surface area (Å²) in [4.78, 5) is 0. The smallest absolute Gasteiger partial charge is 0.167 e. The van der Waals surface area contributed by atoms with Gasteiger partial charge in [0.05, 0.1) is 25.9 Å². The standard InChI is InChI=1S/C13H20FNO3/c1-9(2)18-8-11(16)7-15-10-4-5-13(17-3)12(14)6-10/h4-6,9,11,15-16H,7-8H2,1-3H3. The van der Waals surface area contributed by atoms with Gasteiger partial charge in [0.25, 0.3) is 0 Å². The van der Waals surface area contributed by atoms with E-state index in [0.29, 0.717) is 12.2 Å². The van der Waals surface area contributed by atoms with Crippen molar-refractivity contribution in [2.24, 2.45) is 0 Å². The van der Waals surface area contributed by atoms with E-state index in [1.807, 2.05) is 13.8 Å². The van der Waals surface area contributed by atoms with E-state index in [0.717, 1.165) is 0 Å². The summed E-state index contributed by atoms with van der Waals surface area (Å²) in [5, 5.41) is 12.6. The van der Waals surface area contributed by atoms with Crippen LogP contribution in [-0.4, -0.2) is 37.6 Å². The van der Waals surface area contributed by atoms with Crippen LogP contribution in [0, 0.1) is 5.82 Å². The van der Waals surface area contributed by atoms with Crippen molar-refractivity contribution >= 4 is 5.69 Å². The quantitative estimate of drug-likeness (QED) is 0.784. The van der Waals surface area contributed by atoms with Crippen molar-refractivity contribution in [3.05, 3.63) is 24.0 Å². The third kappa shape index (κ3) is 4.89. The maximum absolute atomic E-state index is 13.4. The monoisotopic (exact) mass is 257 g/mol. The fourth-order valence-electron chi connectivity index (χ4n) is 1.37. The van der Waals surface area contributed by atoms with Gasteiger partial charge in [-0.3, -0.25) is 0 Å². The van der Waals surface area contributed by atoms with Gasteiger partial charge >= 0.3 is 0 Å². The minimum atomic E-state index is -0.627. The second-order valence-corrected chi connectivity index (χ2v) is 4.27. The van der Waals surface area contributed by atoms with Crippen LogP contribution in [0.1, 0.15) is 13.8 Å². The summed E-state index contributed by atoms with van der Waals surface area (Å²) in [7, 11) is 1.42. The lowest BCUT2D eigenvalue weighted by Crippen LogP contribution is -2.26. The van der Waals surface area contributed by atoms with Crippen molar-refractivity contribution in [2.75, 3.05) is 25.6 Å². The lowest BCUT2D eigenvalue weighted by molar-refractivity contribution is 0.0112. The molecule has 0 aliphatic heterocycles. The van der Waals surface area contributed by atoms with Crippen LogP contribution in [0.4, 0.5) is 10.1 Å². The third-order valence-corrected chi connectivity index (χ3v) is 2.32. The highest BCUT2D eigenvalue weighted by Crippen LogP contribution is 2.20. The van der Waals surface area contributed by atoms with Gasteiger partial charge in [0, 0.05) is 18.3 Å². The molecule has 0 radical (unpaired) electrons. The van der Waals surface area contributed by atoms with Crippen LogP contribution < -0.4 is 10.1 Å². The maximum atomic E-state index is 13.4. The molecule has 4 nitrogen and oxygen atoms in total. The molecule has 1 aromatic rings. The second kappa shape index (κ2) is 7.18. The first-order valence-electron chi connectivity index (χ1n) is 5.90. The van der Waals surface area contributed by atoms with Gasteiger partial charge in [-0.1, -0.05) is 0 Å². The lowest BCUT2D eigenvalue weighted by Gasteiger charge is -2.15. The predicted octanol–water partition coefficient (Wildman–Crippen LogP) is 2.03. The Hall–Kier alpha value is -1.33. The summed E-state index contributed by atoms with van der Waals surface area (Å²) < 4.78 is 23.5. The van der Waals surface area contributed by atoms with Crippen LogP contribution in [0.5, 0.6) is 5.75 Å². The van der Waals surface area contributed by atoms with Crippen molar-refractivity contribution in [2.45, 2.75) is 26.1 Å². The first-order valence-corrected chi connectivity index (χ1v) is 5.90. The molecule has 0 fully saturated rings. The molecule has 0 aliphatic rings. The van der Waals surface area contributed by atoms with Gasteiger partial charge in [0.2, 0.25) is 0 Å². The molecule has 2 N–H and O–H groups in total. The first-order chi connectivity index (χ1) is 8.52. The third-order valence-electron chi connectivity index (χ3n) is 2.32. The summed E-state index contributed by atoms with van der Waals surface area (Å²) >= 11 is 0. The van der Waals surface area contributed by atoms with Gasteiger partial charge in [0.15, 0.2) is 11.6 Å². The van der Waals surface area contributed by atoms with Gasteiger partial charge in [-0.25, -0.2) is 4.39 Å². The Labute approximate surface area is 107 Å². The minimum absolute atomic E-state index is 0.0816. The highest BCUT2D eigenvalue weighted by atomic mass is 19.1. The van der Waals surface area contributed by atoms with E-state index >= 15 is 0 Å². The van der Waals surface area contributed by atoms with Crippen LogP contribution in [0.2, 0.25) is 0 Å². The van der Waals surface area contributed by atoms with Crippen LogP contribution in [0.15, 0.2) is 18.2 Å². The van der Waals surface area contributed by atoms with Crippen LogP contribution in [0.3, 0.4) is 0 Å². The van der Waals surface area contributed by atoms with E-state index < -0.39 is 11.9 Å². The number of halogens is 1. The minimum Gasteiger partial charge on any atom is -0.494 e. The molecule has 1 aromatic carbocycles. The van der Waals surface area contributed by atoms with E-state index in [-0.39, 0.29) is 18.5 Å². The zero-order chi connectivity index (χ0) is 13.5. The Morgan fingerprint density at radius 3 is 2.67 bits per heavy atom. The van der Waals surface area contributed by atoms with Gasteiger partial charge in [0.1, 0.15) is 0 Å². The molecule has 0 aromatic heterocycles. The molecular formula is C13H20FNO3. The molecule has 0 saturated heterocycles. The Balaban J connectivity index is 2.41. The number of anilines is 1. The fraction of sp³-hybridized carbons (Fsp3) is 0.538. The molecule has 0 aliphatic carbocycles. The number of aliphatic hydroxyl groups is 1. The van der Waals surface area contributed by atoms with Crippen molar-refractivity contribution in [1.29, 1.82) is 0 Å². The van der Waals surface area contributed by atoms with E-state index in [2.05, 4.69) is 5.32 Å². The Bertz CT molecular complexity index is 371. The SMILES string of the molecule is COc1ccc(NCC(O)COC(C)C)cc1F. The number of hydrogen-bond donors (Lipinski definition) is 2. The molecule has 1 atom stereocenters. The number of benzene rings is 1. The average molecular weight is 257 g/mol. The molecule has 102 valence electrons. The van der Waals surface area contributed by atoms with Crippen molar-refractivity contribution in [3.63, 3.8) is 0 Å². The molecular weight excluding hydrogens is 237 g/mol. The topological polar surface area (TPSA) is 50.7 Å². The summed E-state index contributed by atoms with van der Waals surface area (Å²) in [6.45, 7) is 4.36. The van der Waals surface area contributed by atoms with Crippen molar-refractivity contribution < 1.29 is 19.0 Å². The van der Waals surface area contributed by atoms with E-state index in [1.165, 1.54) is 19.2 Å². The fourth-order valence-corrected chi connectivity index (χ4v) is 1.37. The molecule has 1 rings (SSSR count). The Kier molecular flexibility index (Phi) is 5.88. The Morgan fingerprint density at radius 2 is 2.11 bits per heavy atom. The first kappa shape index (κ1) is 14.7. The second-order valence-electron chi connectivity index (χ2n) is 4.27. The van der Waals surface area contributed by atoms with Crippen LogP contribution in [-0.2, 0) is 4.74 Å². The number of nitrogens with one attached hydrogen (secondary N) is 1. The highest BCUT2D eigenvalue weighted by molar-refractivity contribution is 5.47. The molecule has 5 heteroatoms. The predicted molar refractivity (Wildman–Crippen MR) is 68.5 cm³/mol. The molecule has 0 heterocycles. The number of aliphatic hydroxyl groups excluding tert-OH is 1. The molecule has 0 bridgehead atoms. The largest absolute Gasteiger partial charge is 0.494 e. The summed E-state index contributed by atoms with van der Waals surface area (Å²) in [6, 6.07) is 4.56. The molecule has 0 saturated carbocycles. The number of hydrogen-bond acceptors (Lipinski definition) is 4.